The minimum atomic E-state index is 0.0591. The van der Waals surface area contributed by atoms with E-state index in [4.69, 9.17) is 0 Å². The van der Waals surface area contributed by atoms with Crippen molar-refractivity contribution in [3.63, 3.8) is 0 Å². The predicted molar refractivity (Wildman–Crippen MR) is 95.9 cm³/mol. The van der Waals surface area contributed by atoms with E-state index >= 15 is 0 Å². The molecule has 23 heavy (non-hydrogen) atoms. The van der Waals surface area contributed by atoms with Crippen molar-refractivity contribution >= 4 is 37.9 Å². The number of benzene rings is 1. The summed E-state index contributed by atoms with van der Waals surface area (Å²) in [6, 6.07) is 6.31. The summed E-state index contributed by atoms with van der Waals surface area (Å²) in [4.78, 5) is 19.7. The molecule has 120 valence electrons. The molecule has 0 atom stereocenters. The molecule has 0 saturated carbocycles. The fourth-order valence-electron chi connectivity index (χ4n) is 3.59. The van der Waals surface area contributed by atoms with Crippen LogP contribution in [0.3, 0.4) is 0 Å². The van der Waals surface area contributed by atoms with Gasteiger partial charge in [-0.1, -0.05) is 15.9 Å². The third kappa shape index (κ3) is 2.32. The normalized spacial score (nSPS) is 17.3. The molecule has 0 N–H and O–H groups in total. The molecule has 1 aliphatic rings. The molecule has 0 radical (unpaired) electrons. The molecule has 4 rings (SSSR count). The predicted octanol–water partition coefficient (Wildman–Crippen LogP) is 2.92. The highest BCUT2D eigenvalue weighted by Crippen LogP contribution is 2.30. The molecule has 2 aromatic heterocycles. The molecule has 0 unspecified atom stereocenters. The smallest absolute Gasteiger partial charge is 0.306 e. The third-order valence-corrected chi connectivity index (χ3v) is 5.42. The summed E-state index contributed by atoms with van der Waals surface area (Å²) in [5.41, 5.74) is 2.90. The average Bonchev–Trinajstić information content (AvgIpc) is 2.80. The number of pyridine rings is 1. The number of nitrogens with zero attached hydrogens (tertiary/aromatic N) is 4. The van der Waals surface area contributed by atoms with E-state index in [9.17, 15) is 4.79 Å². The number of aromatic nitrogens is 3. The minimum absolute atomic E-state index is 0.0591. The topological polar surface area (TPSA) is 43.1 Å². The number of rotatable bonds is 1. The van der Waals surface area contributed by atoms with E-state index in [1.165, 1.54) is 0 Å². The maximum atomic E-state index is 12.9. The van der Waals surface area contributed by atoms with Gasteiger partial charge in [0.2, 0.25) is 0 Å². The molecule has 1 aliphatic heterocycles. The highest BCUT2D eigenvalue weighted by Gasteiger charge is 2.24. The quantitative estimate of drug-likeness (QED) is 0.657. The fraction of sp³-hybridized carbons (Fsp3) is 0.412. The summed E-state index contributed by atoms with van der Waals surface area (Å²) in [6.45, 7) is 2.06. The lowest BCUT2D eigenvalue weighted by molar-refractivity contribution is 0.221. The maximum absolute atomic E-state index is 12.9. The first-order chi connectivity index (χ1) is 11.1. The molecule has 0 bridgehead atoms. The highest BCUT2D eigenvalue weighted by atomic mass is 79.9. The van der Waals surface area contributed by atoms with Gasteiger partial charge in [0, 0.05) is 22.9 Å². The molecular weight excluding hydrogens is 356 g/mol. The molecule has 1 saturated heterocycles. The lowest BCUT2D eigenvalue weighted by atomic mass is 10.0. The first-order valence-electron chi connectivity index (χ1n) is 7.90. The first-order valence-corrected chi connectivity index (χ1v) is 8.69. The zero-order chi connectivity index (χ0) is 16.1. The Hall–Kier alpha value is -1.66. The Balaban J connectivity index is 2.04. The summed E-state index contributed by atoms with van der Waals surface area (Å²) in [6.07, 6.45) is 3.83. The van der Waals surface area contributed by atoms with Crippen molar-refractivity contribution in [3.8, 4) is 0 Å². The van der Waals surface area contributed by atoms with Crippen molar-refractivity contribution in [2.75, 3.05) is 20.1 Å². The maximum Gasteiger partial charge on any atom is 0.329 e. The van der Waals surface area contributed by atoms with Crippen LogP contribution in [0.1, 0.15) is 18.9 Å². The Kier molecular flexibility index (Phi) is 3.54. The highest BCUT2D eigenvalue weighted by molar-refractivity contribution is 9.10. The second-order valence-corrected chi connectivity index (χ2v) is 7.32. The zero-order valence-electron chi connectivity index (χ0n) is 13.3. The fourth-order valence-corrected chi connectivity index (χ4v) is 3.95. The Morgan fingerprint density at radius 2 is 1.96 bits per heavy atom. The van der Waals surface area contributed by atoms with Crippen LogP contribution >= 0.6 is 15.9 Å². The van der Waals surface area contributed by atoms with Gasteiger partial charge in [-0.05, 0) is 51.2 Å². The van der Waals surface area contributed by atoms with Crippen molar-refractivity contribution < 1.29 is 0 Å². The second-order valence-electron chi connectivity index (χ2n) is 6.40. The number of imidazole rings is 1. The number of halogens is 1. The standard InChI is InChI=1S/C17H19BrN4O/c1-20-7-5-12(6-8-20)22-16-13-9-11(18)3-4-14(13)19-10-15(16)21(2)17(22)23/h3-4,9-10,12H,5-8H2,1-2H3. The van der Waals surface area contributed by atoms with Gasteiger partial charge in [0.05, 0.1) is 22.7 Å². The zero-order valence-corrected chi connectivity index (χ0v) is 14.9. The van der Waals surface area contributed by atoms with Gasteiger partial charge in [-0.25, -0.2) is 4.79 Å². The second kappa shape index (κ2) is 5.46. The van der Waals surface area contributed by atoms with Crippen LogP contribution in [-0.4, -0.2) is 39.2 Å². The lowest BCUT2D eigenvalue weighted by Crippen LogP contribution is -2.35. The Labute approximate surface area is 142 Å². The lowest BCUT2D eigenvalue weighted by Gasteiger charge is -2.29. The van der Waals surface area contributed by atoms with Crippen LogP contribution in [-0.2, 0) is 7.05 Å². The number of piperidine rings is 1. The van der Waals surface area contributed by atoms with E-state index < -0.39 is 0 Å². The molecular formula is C17H19BrN4O. The Bertz CT molecular complexity index is 951. The molecule has 0 spiro atoms. The Morgan fingerprint density at radius 1 is 1.22 bits per heavy atom. The van der Waals surface area contributed by atoms with Crippen molar-refractivity contribution in [1.29, 1.82) is 0 Å². The summed E-state index contributed by atoms with van der Waals surface area (Å²) >= 11 is 3.54. The van der Waals surface area contributed by atoms with Gasteiger partial charge in [0.1, 0.15) is 0 Å². The van der Waals surface area contributed by atoms with E-state index in [-0.39, 0.29) is 11.7 Å². The Morgan fingerprint density at radius 3 is 2.70 bits per heavy atom. The van der Waals surface area contributed by atoms with Gasteiger partial charge in [0.15, 0.2) is 0 Å². The van der Waals surface area contributed by atoms with E-state index in [0.29, 0.717) is 0 Å². The van der Waals surface area contributed by atoms with Crippen molar-refractivity contribution in [2.45, 2.75) is 18.9 Å². The van der Waals surface area contributed by atoms with E-state index in [2.05, 4.69) is 38.9 Å². The average molecular weight is 375 g/mol. The number of hydrogen-bond acceptors (Lipinski definition) is 3. The van der Waals surface area contributed by atoms with Gasteiger partial charge in [-0.15, -0.1) is 0 Å². The van der Waals surface area contributed by atoms with Crippen molar-refractivity contribution in [1.82, 2.24) is 19.0 Å². The van der Waals surface area contributed by atoms with Crippen LogP contribution in [0, 0.1) is 0 Å². The van der Waals surface area contributed by atoms with Crippen LogP contribution in [0.25, 0.3) is 21.9 Å². The number of hydrogen-bond donors (Lipinski definition) is 0. The minimum Gasteiger partial charge on any atom is -0.306 e. The van der Waals surface area contributed by atoms with Gasteiger partial charge in [-0.3, -0.25) is 14.1 Å². The van der Waals surface area contributed by atoms with Crippen LogP contribution < -0.4 is 5.69 Å². The molecule has 5 nitrogen and oxygen atoms in total. The third-order valence-electron chi connectivity index (χ3n) is 4.93. The van der Waals surface area contributed by atoms with Crippen LogP contribution in [0.4, 0.5) is 0 Å². The van der Waals surface area contributed by atoms with E-state index in [1.54, 1.807) is 4.57 Å². The first kappa shape index (κ1) is 14.9. The largest absolute Gasteiger partial charge is 0.329 e. The van der Waals surface area contributed by atoms with Gasteiger partial charge in [0.25, 0.3) is 0 Å². The van der Waals surface area contributed by atoms with Crippen LogP contribution in [0.15, 0.2) is 33.7 Å². The summed E-state index contributed by atoms with van der Waals surface area (Å²) in [5, 5.41) is 1.04. The summed E-state index contributed by atoms with van der Waals surface area (Å²) in [7, 11) is 3.97. The SMILES string of the molecule is CN1CCC(n2c(=O)n(C)c3cnc4ccc(Br)cc4c32)CC1. The molecule has 1 aromatic carbocycles. The number of likely N-dealkylation sites (tertiary alicyclic amines) is 1. The van der Waals surface area contributed by atoms with E-state index in [1.807, 2.05) is 29.9 Å². The van der Waals surface area contributed by atoms with Crippen molar-refractivity contribution in [2.24, 2.45) is 7.05 Å². The van der Waals surface area contributed by atoms with Crippen LogP contribution in [0.2, 0.25) is 0 Å². The summed E-state index contributed by atoms with van der Waals surface area (Å²) in [5.74, 6) is 0. The van der Waals surface area contributed by atoms with Crippen LogP contribution in [0.5, 0.6) is 0 Å². The molecule has 6 heteroatoms. The molecule has 0 aliphatic carbocycles. The molecule has 3 aromatic rings. The molecule has 3 heterocycles. The van der Waals surface area contributed by atoms with Gasteiger partial charge in [-0.2, -0.15) is 0 Å². The number of aryl methyl sites for hydroxylation is 1. The van der Waals surface area contributed by atoms with Gasteiger partial charge < -0.3 is 4.90 Å². The molecule has 1 fully saturated rings. The van der Waals surface area contributed by atoms with Gasteiger partial charge >= 0.3 is 5.69 Å². The van der Waals surface area contributed by atoms with Crippen molar-refractivity contribution in [3.05, 3.63) is 39.4 Å². The molecule has 0 amide bonds. The monoisotopic (exact) mass is 374 g/mol. The van der Waals surface area contributed by atoms with E-state index in [0.717, 1.165) is 52.3 Å². The summed E-state index contributed by atoms with van der Waals surface area (Å²) < 4.78 is 4.73. The number of fused-ring (bicyclic) bond motifs is 3.